The first-order valence-electron chi connectivity index (χ1n) is 6.51. The average Bonchev–Trinajstić information content (AvgIpc) is 2.70. The number of thiazole rings is 1. The summed E-state index contributed by atoms with van der Waals surface area (Å²) < 4.78 is 47.6. The van der Waals surface area contributed by atoms with Crippen LogP contribution >= 0.6 is 11.3 Å². The SMILES string of the molecule is CC(C)OC(=O)N/N=c1\sc2cc(OC(F)(F)F)ccc2n1C. The summed E-state index contributed by atoms with van der Waals surface area (Å²) in [5, 5.41) is 3.89. The van der Waals surface area contributed by atoms with Crippen LogP contribution in [-0.2, 0) is 11.8 Å². The van der Waals surface area contributed by atoms with Crippen molar-refractivity contribution in [3.63, 3.8) is 0 Å². The Labute approximate surface area is 133 Å². The molecule has 0 aliphatic carbocycles. The lowest BCUT2D eigenvalue weighted by atomic mass is 10.3. The molecule has 6 nitrogen and oxygen atoms in total. The van der Waals surface area contributed by atoms with Gasteiger partial charge in [0.05, 0.1) is 16.3 Å². The van der Waals surface area contributed by atoms with E-state index in [4.69, 9.17) is 4.74 Å². The van der Waals surface area contributed by atoms with Gasteiger partial charge in [0.25, 0.3) is 0 Å². The van der Waals surface area contributed by atoms with Gasteiger partial charge >= 0.3 is 12.5 Å². The van der Waals surface area contributed by atoms with E-state index in [1.165, 1.54) is 18.2 Å². The fourth-order valence-corrected chi connectivity index (χ4v) is 2.76. The molecule has 0 atom stereocenters. The predicted molar refractivity (Wildman–Crippen MR) is 77.8 cm³/mol. The Balaban J connectivity index is 2.29. The van der Waals surface area contributed by atoms with Gasteiger partial charge in [0.15, 0.2) is 0 Å². The second kappa shape index (κ2) is 6.49. The molecule has 1 aromatic heterocycles. The molecule has 126 valence electrons. The third kappa shape index (κ3) is 4.62. The number of hydrogen-bond acceptors (Lipinski definition) is 5. The molecule has 1 amide bonds. The number of carbonyl (C=O) groups is 1. The zero-order valence-corrected chi connectivity index (χ0v) is 13.3. The van der Waals surface area contributed by atoms with E-state index in [9.17, 15) is 18.0 Å². The minimum atomic E-state index is -4.75. The fourth-order valence-electron chi connectivity index (χ4n) is 1.75. The number of alkyl halides is 3. The summed E-state index contributed by atoms with van der Waals surface area (Å²) in [6, 6.07) is 3.96. The van der Waals surface area contributed by atoms with Crippen LogP contribution in [0.15, 0.2) is 23.3 Å². The van der Waals surface area contributed by atoms with Crippen LogP contribution in [0.4, 0.5) is 18.0 Å². The molecule has 10 heteroatoms. The summed E-state index contributed by atoms with van der Waals surface area (Å²) in [7, 11) is 1.68. The summed E-state index contributed by atoms with van der Waals surface area (Å²) in [6.07, 6.45) is -5.75. The second-order valence-corrected chi connectivity index (χ2v) is 5.81. The summed E-state index contributed by atoms with van der Waals surface area (Å²) in [5.74, 6) is -0.314. The largest absolute Gasteiger partial charge is 0.573 e. The van der Waals surface area contributed by atoms with Gasteiger partial charge in [-0.3, -0.25) is 0 Å². The molecule has 1 heterocycles. The Morgan fingerprint density at radius 1 is 1.39 bits per heavy atom. The number of nitrogens with one attached hydrogen (secondary N) is 1. The molecule has 2 aromatic rings. The van der Waals surface area contributed by atoms with E-state index < -0.39 is 12.5 Å². The Kier molecular flexibility index (Phi) is 4.83. The summed E-state index contributed by atoms with van der Waals surface area (Å²) in [4.78, 5) is 11.8. The van der Waals surface area contributed by atoms with Crippen molar-refractivity contribution in [1.29, 1.82) is 0 Å². The number of ether oxygens (including phenoxy) is 2. The zero-order valence-electron chi connectivity index (χ0n) is 12.5. The van der Waals surface area contributed by atoms with E-state index in [0.29, 0.717) is 15.0 Å². The van der Waals surface area contributed by atoms with Crippen LogP contribution in [0.5, 0.6) is 5.75 Å². The van der Waals surface area contributed by atoms with Crippen molar-refractivity contribution in [2.75, 3.05) is 0 Å². The van der Waals surface area contributed by atoms with E-state index in [1.807, 2.05) is 0 Å². The molecule has 0 aliphatic rings. The number of halogens is 3. The molecule has 0 fully saturated rings. The Morgan fingerprint density at radius 3 is 2.70 bits per heavy atom. The first kappa shape index (κ1) is 17.1. The Morgan fingerprint density at radius 2 is 2.09 bits per heavy atom. The van der Waals surface area contributed by atoms with Crippen molar-refractivity contribution in [2.45, 2.75) is 26.3 Å². The van der Waals surface area contributed by atoms with E-state index in [1.54, 1.807) is 25.5 Å². The van der Waals surface area contributed by atoms with Gasteiger partial charge in [-0.15, -0.1) is 18.3 Å². The van der Waals surface area contributed by atoms with Crippen molar-refractivity contribution in [3.05, 3.63) is 23.0 Å². The van der Waals surface area contributed by atoms with Crippen LogP contribution in [0.25, 0.3) is 10.2 Å². The predicted octanol–water partition coefficient (Wildman–Crippen LogP) is 3.09. The molecule has 1 N–H and O–H groups in total. The zero-order chi connectivity index (χ0) is 17.2. The first-order valence-corrected chi connectivity index (χ1v) is 7.33. The van der Waals surface area contributed by atoms with Gasteiger partial charge in [0.2, 0.25) is 4.80 Å². The topological polar surface area (TPSA) is 64.8 Å². The number of rotatable bonds is 3. The van der Waals surface area contributed by atoms with Crippen LogP contribution in [0.3, 0.4) is 0 Å². The lowest BCUT2D eigenvalue weighted by Gasteiger charge is -2.08. The van der Waals surface area contributed by atoms with Gasteiger partial charge in [0.1, 0.15) is 5.75 Å². The molecule has 1 aromatic carbocycles. The fraction of sp³-hybridized carbons (Fsp3) is 0.385. The number of benzene rings is 1. The smallest absolute Gasteiger partial charge is 0.446 e. The molecule has 0 spiro atoms. The quantitative estimate of drug-likeness (QED) is 0.866. The molecule has 23 heavy (non-hydrogen) atoms. The molecule has 0 unspecified atom stereocenters. The van der Waals surface area contributed by atoms with Crippen molar-refractivity contribution in [3.8, 4) is 5.75 Å². The number of hydrogen-bond donors (Lipinski definition) is 1. The van der Waals surface area contributed by atoms with Gasteiger partial charge < -0.3 is 14.0 Å². The standard InChI is InChI=1S/C13H14F3N3O3S/c1-7(2)21-12(20)18-17-11-19(3)9-5-4-8(6-10(9)23-11)22-13(14,15)16/h4-7H,1-3H3,(H,18,20)/b17-11-. The lowest BCUT2D eigenvalue weighted by Crippen LogP contribution is -2.26. The van der Waals surface area contributed by atoms with Crippen LogP contribution in [-0.4, -0.2) is 23.1 Å². The van der Waals surface area contributed by atoms with Gasteiger partial charge in [-0.05, 0) is 32.0 Å². The highest BCUT2D eigenvalue weighted by atomic mass is 32.1. The maximum Gasteiger partial charge on any atom is 0.573 e. The maximum absolute atomic E-state index is 12.2. The van der Waals surface area contributed by atoms with Gasteiger partial charge in [-0.2, -0.15) is 0 Å². The molecular weight excluding hydrogens is 335 g/mol. The van der Waals surface area contributed by atoms with Crippen LogP contribution in [0, 0.1) is 0 Å². The Bertz CT molecular complexity index is 780. The van der Waals surface area contributed by atoms with Crippen molar-refractivity contribution in [2.24, 2.45) is 12.1 Å². The molecule has 0 radical (unpaired) electrons. The van der Waals surface area contributed by atoms with Crippen LogP contribution in [0.2, 0.25) is 0 Å². The number of amides is 1. The monoisotopic (exact) mass is 349 g/mol. The Hall–Kier alpha value is -2.23. The number of aromatic nitrogens is 1. The first-order chi connectivity index (χ1) is 10.7. The minimum absolute atomic E-state index is 0.288. The normalized spacial score (nSPS) is 12.7. The molecule has 0 saturated carbocycles. The average molecular weight is 349 g/mol. The van der Waals surface area contributed by atoms with Gasteiger partial charge in [-0.25, -0.2) is 10.2 Å². The number of nitrogens with zero attached hydrogens (tertiary/aromatic N) is 2. The number of carbonyl (C=O) groups excluding carboxylic acids is 1. The van der Waals surface area contributed by atoms with E-state index >= 15 is 0 Å². The molecular formula is C13H14F3N3O3S. The number of fused-ring (bicyclic) bond motifs is 1. The van der Waals surface area contributed by atoms with Gasteiger partial charge in [0, 0.05) is 7.05 Å². The van der Waals surface area contributed by atoms with Crippen LogP contribution in [0.1, 0.15) is 13.8 Å². The van der Waals surface area contributed by atoms with Gasteiger partial charge in [-0.1, -0.05) is 11.3 Å². The summed E-state index contributed by atoms with van der Waals surface area (Å²) in [5.41, 5.74) is 2.88. The summed E-state index contributed by atoms with van der Waals surface area (Å²) >= 11 is 1.10. The van der Waals surface area contributed by atoms with Crippen molar-refractivity contribution >= 4 is 27.6 Å². The highest BCUT2D eigenvalue weighted by molar-refractivity contribution is 7.16. The highest BCUT2D eigenvalue weighted by Gasteiger charge is 2.31. The van der Waals surface area contributed by atoms with E-state index in [0.717, 1.165) is 11.3 Å². The lowest BCUT2D eigenvalue weighted by molar-refractivity contribution is -0.274. The summed E-state index contributed by atoms with van der Waals surface area (Å²) in [6.45, 7) is 3.39. The second-order valence-electron chi connectivity index (χ2n) is 4.80. The molecule has 2 rings (SSSR count). The highest BCUT2D eigenvalue weighted by Crippen LogP contribution is 2.27. The number of aryl methyl sites for hydroxylation is 1. The van der Waals surface area contributed by atoms with E-state index in [-0.39, 0.29) is 11.9 Å². The van der Waals surface area contributed by atoms with Crippen molar-refractivity contribution < 1.29 is 27.4 Å². The van der Waals surface area contributed by atoms with Crippen molar-refractivity contribution in [1.82, 2.24) is 9.99 Å². The molecule has 0 bridgehead atoms. The third-order valence-corrected chi connectivity index (χ3v) is 3.69. The van der Waals surface area contributed by atoms with Crippen LogP contribution < -0.4 is 15.0 Å². The minimum Gasteiger partial charge on any atom is -0.446 e. The molecule has 0 aliphatic heterocycles. The maximum atomic E-state index is 12.2. The van der Waals surface area contributed by atoms with E-state index in [2.05, 4.69) is 15.3 Å². The molecule has 0 saturated heterocycles. The third-order valence-electron chi connectivity index (χ3n) is 2.60.